The van der Waals surface area contributed by atoms with Gasteiger partial charge in [-0.3, -0.25) is 5.84 Å². The van der Waals surface area contributed by atoms with Crippen LogP contribution in [-0.4, -0.2) is 39.8 Å². The highest BCUT2D eigenvalue weighted by atomic mass is 35.5. The summed E-state index contributed by atoms with van der Waals surface area (Å²) in [4.78, 5) is 3.05. The molecular weight excluding hydrogens is 219 g/mol. The zero-order valence-electron chi connectivity index (χ0n) is 6.45. The first-order chi connectivity index (χ1) is 5.77. The Morgan fingerprint density at radius 2 is 2.17 bits per heavy atom. The summed E-state index contributed by atoms with van der Waals surface area (Å²) in [6, 6.07) is 0. The maximum atomic E-state index is 5.62. The predicted octanol–water partition coefficient (Wildman–Crippen LogP) is 0.134. The van der Waals surface area contributed by atoms with Gasteiger partial charge in [0.1, 0.15) is 0 Å². The SMILES string of the molecule is NN1CCOC(/[S-](=C/Cl)=C/Cl)C1. The molecule has 0 aromatic carbocycles. The zero-order chi connectivity index (χ0) is 8.97. The molecule has 1 saturated heterocycles. The van der Waals surface area contributed by atoms with Crippen LogP contribution < -0.4 is 5.84 Å². The maximum Gasteiger partial charge on any atom is 0.0586 e. The van der Waals surface area contributed by atoms with E-state index < -0.39 is 0 Å². The summed E-state index contributed by atoms with van der Waals surface area (Å²) in [5, 5.41) is 1.72. The van der Waals surface area contributed by atoms with E-state index >= 15 is 0 Å². The number of nitrogens with two attached hydrogens (primary N) is 1. The van der Waals surface area contributed by atoms with Gasteiger partial charge in [0, 0.05) is 13.1 Å². The monoisotopic (exact) mass is 229 g/mol. The van der Waals surface area contributed by atoms with Crippen LogP contribution in [0.3, 0.4) is 0 Å². The number of hydrogen-bond acceptors (Lipinski definition) is 4. The van der Waals surface area contributed by atoms with Crippen molar-refractivity contribution in [1.82, 2.24) is 5.01 Å². The highest BCUT2D eigenvalue weighted by molar-refractivity contribution is 7.97. The Labute approximate surface area is 83.8 Å². The lowest BCUT2D eigenvalue weighted by molar-refractivity contribution is 0.0180. The molecule has 0 saturated carbocycles. The molecule has 0 bridgehead atoms. The average Bonchev–Trinajstić information content (AvgIpc) is 2.07. The van der Waals surface area contributed by atoms with Gasteiger partial charge in [-0.25, -0.2) is 5.01 Å². The van der Waals surface area contributed by atoms with Gasteiger partial charge in [-0.1, -0.05) is 0 Å². The van der Waals surface area contributed by atoms with E-state index in [4.69, 9.17) is 33.8 Å². The molecular formula is C6H11Cl2N2OS-. The van der Waals surface area contributed by atoms with Crippen LogP contribution in [-0.2, 0) is 14.8 Å². The molecule has 1 unspecified atom stereocenters. The fourth-order valence-electron chi connectivity index (χ4n) is 0.936. The first-order valence-corrected chi connectivity index (χ1v) is 5.75. The standard InChI is InChI=1S/C6H11Cl2N2OS/c7-4-12(5-8)6-3-10(9)1-2-11-6/h4-6H,1-3,9H2/q-1. The first-order valence-electron chi connectivity index (χ1n) is 3.47. The predicted molar refractivity (Wildman–Crippen MR) is 56.7 cm³/mol. The van der Waals surface area contributed by atoms with Crippen molar-refractivity contribution in [2.75, 3.05) is 19.7 Å². The Bertz CT molecular complexity index is 218. The number of morpholine rings is 1. The lowest BCUT2D eigenvalue weighted by Gasteiger charge is -2.34. The summed E-state index contributed by atoms with van der Waals surface area (Å²) >= 11 is 11.2. The summed E-state index contributed by atoms with van der Waals surface area (Å²) in [5.74, 6) is 5.62. The van der Waals surface area contributed by atoms with E-state index in [0.717, 1.165) is 6.54 Å². The van der Waals surface area contributed by atoms with Crippen LogP contribution in [0.5, 0.6) is 0 Å². The Morgan fingerprint density at radius 1 is 1.50 bits per heavy atom. The van der Waals surface area contributed by atoms with Crippen molar-refractivity contribution in [3.63, 3.8) is 0 Å². The molecule has 0 aromatic heterocycles. The van der Waals surface area contributed by atoms with Gasteiger partial charge in [-0.05, 0) is 5.44 Å². The highest BCUT2D eigenvalue weighted by Gasteiger charge is 2.10. The van der Waals surface area contributed by atoms with Crippen LogP contribution in [0.2, 0.25) is 0 Å². The van der Waals surface area contributed by atoms with Crippen LogP contribution in [0.4, 0.5) is 0 Å². The number of ether oxygens (including phenoxy) is 1. The Balaban J connectivity index is 2.63. The van der Waals surface area contributed by atoms with Crippen molar-refractivity contribution in [3.8, 4) is 0 Å². The van der Waals surface area contributed by atoms with Crippen LogP contribution in [0.25, 0.3) is 0 Å². The summed E-state index contributed by atoms with van der Waals surface area (Å²) in [5.41, 5.74) is 0.0127. The molecule has 3 nitrogen and oxygen atoms in total. The summed E-state index contributed by atoms with van der Waals surface area (Å²) < 4.78 is 5.45. The van der Waals surface area contributed by atoms with Gasteiger partial charge in [0.25, 0.3) is 0 Å². The third-order valence-electron chi connectivity index (χ3n) is 1.58. The molecule has 2 N–H and O–H groups in total. The van der Waals surface area contributed by atoms with Gasteiger partial charge in [0.15, 0.2) is 0 Å². The molecule has 12 heavy (non-hydrogen) atoms. The highest BCUT2D eigenvalue weighted by Crippen LogP contribution is 2.03. The summed E-state index contributed by atoms with van der Waals surface area (Å²) in [6.07, 6.45) is 0. The molecule has 0 spiro atoms. The van der Waals surface area contributed by atoms with E-state index in [2.05, 4.69) is 0 Å². The third-order valence-corrected chi connectivity index (χ3v) is 4.11. The fraction of sp³-hybridized carbons (Fsp3) is 0.667. The molecule has 6 heteroatoms. The first kappa shape index (κ1) is 10.6. The topological polar surface area (TPSA) is 38.5 Å². The molecule has 1 fully saturated rings. The van der Waals surface area contributed by atoms with E-state index in [1.165, 1.54) is 9.65 Å². The lowest BCUT2D eigenvalue weighted by atomic mass is 10.5. The number of nitrogens with zero attached hydrogens (tertiary/aromatic N) is 1. The Kier molecular flexibility index (Phi) is 4.71. The van der Waals surface area contributed by atoms with Crippen molar-refractivity contribution in [2.45, 2.75) is 5.44 Å². The van der Waals surface area contributed by atoms with Crippen molar-refractivity contribution >= 4 is 42.9 Å². The maximum absolute atomic E-state index is 5.62. The van der Waals surface area contributed by atoms with E-state index in [1.807, 2.05) is 0 Å². The molecule has 0 aliphatic carbocycles. The van der Waals surface area contributed by atoms with Crippen LogP contribution in [0.15, 0.2) is 0 Å². The van der Waals surface area contributed by atoms with Gasteiger partial charge in [-0.15, -0.1) is 32.9 Å². The van der Waals surface area contributed by atoms with Gasteiger partial charge in [0.2, 0.25) is 0 Å². The molecule has 1 rings (SSSR count). The largest absolute Gasteiger partial charge is 0.421 e. The smallest absolute Gasteiger partial charge is 0.0586 e. The number of rotatable bonds is 1. The minimum Gasteiger partial charge on any atom is -0.421 e. The fourth-order valence-corrected chi connectivity index (χ4v) is 2.98. The zero-order valence-corrected chi connectivity index (χ0v) is 8.78. The van der Waals surface area contributed by atoms with E-state index in [0.29, 0.717) is 13.2 Å². The summed E-state index contributed by atoms with van der Waals surface area (Å²) in [6.45, 7) is 2.08. The number of hydrazine groups is 1. The van der Waals surface area contributed by atoms with Crippen molar-refractivity contribution in [3.05, 3.63) is 0 Å². The van der Waals surface area contributed by atoms with Crippen molar-refractivity contribution in [2.24, 2.45) is 5.84 Å². The van der Waals surface area contributed by atoms with Crippen molar-refractivity contribution < 1.29 is 4.74 Å². The van der Waals surface area contributed by atoms with E-state index in [-0.39, 0.29) is 15.5 Å². The van der Waals surface area contributed by atoms with Crippen LogP contribution in [0.1, 0.15) is 0 Å². The Morgan fingerprint density at radius 3 is 2.67 bits per heavy atom. The van der Waals surface area contributed by atoms with Crippen LogP contribution in [0, 0.1) is 0 Å². The van der Waals surface area contributed by atoms with Gasteiger partial charge in [0.05, 0.1) is 6.61 Å². The second-order valence-electron chi connectivity index (χ2n) is 2.38. The average molecular weight is 230 g/mol. The normalized spacial score (nSPS) is 29.4. The molecule has 1 aliphatic rings. The molecule has 1 atom stereocenters. The minimum absolute atomic E-state index is 0.0127. The quantitative estimate of drug-likeness (QED) is 0.301. The molecule has 1 aliphatic heterocycles. The molecule has 0 amide bonds. The second-order valence-corrected chi connectivity index (χ2v) is 5.15. The van der Waals surface area contributed by atoms with E-state index in [1.54, 1.807) is 5.01 Å². The molecule has 0 radical (unpaired) electrons. The number of halogens is 2. The third kappa shape index (κ3) is 2.80. The summed E-state index contributed by atoms with van der Waals surface area (Å²) in [7, 11) is -0.309. The van der Waals surface area contributed by atoms with Gasteiger partial charge in [-0.2, -0.15) is 0 Å². The minimum atomic E-state index is -0.309. The lowest BCUT2D eigenvalue weighted by Crippen LogP contribution is -2.46. The molecule has 1 heterocycles. The van der Waals surface area contributed by atoms with E-state index in [9.17, 15) is 0 Å². The second kappa shape index (κ2) is 5.32. The van der Waals surface area contributed by atoms with Crippen LogP contribution >= 0.6 is 23.2 Å². The van der Waals surface area contributed by atoms with Gasteiger partial charge >= 0.3 is 0 Å². The number of hydrogen-bond donors (Lipinski definition) is 1. The molecule has 0 aromatic rings. The van der Waals surface area contributed by atoms with Gasteiger partial charge < -0.3 is 14.8 Å². The molecule has 72 valence electrons. The Hall–Kier alpha value is 0.550. The van der Waals surface area contributed by atoms with Crippen molar-refractivity contribution in [1.29, 1.82) is 0 Å².